The van der Waals surface area contributed by atoms with E-state index in [1.54, 1.807) is 4.90 Å². The Morgan fingerprint density at radius 3 is 2.54 bits per heavy atom. The fourth-order valence-electron chi connectivity index (χ4n) is 5.63. The Bertz CT molecular complexity index is 1380. The number of ether oxygens (including phenoxy) is 3. The molecule has 37 heavy (non-hydrogen) atoms. The molecule has 6 rings (SSSR count). The number of anilines is 1. The summed E-state index contributed by atoms with van der Waals surface area (Å²) in [6.45, 7) is 5.67. The molecular weight excluding hydrogens is 468 g/mol. The van der Waals surface area contributed by atoms with Crippen LogP contribution in [0.2, 0.25) is 0 Å². The number of hydrogen-bond acceptors (Lipinski definition) is 5. The van der Waals surface area contributed by atoms with Gasteiger partial charge in [0, 0.05) is 29.4 Å². The van der Waals surface area contributed by atoms with Gasteiger partial charge in [0.05, 0.1) is 6.54 Å². The van der Waals surface area contributed by atoms with Crippen LogP contribution in [-0.4, -0.2) is 31.8 Å². The average Bonchev–Trinajstić information content (AvgIpc) is 3.60. The van der Waals surface area contributed by atoms with E-state index < -0.39 is 5.41 Å². The Labute approximate surface area is 216 Å². The monoisotopic (exact) mass is 498 g/mol. The zero-order valence-electron chi connectivity index (χ0n) is 21.1. The highest BCUT2D eigenvalue weighted by Gasteiger charge is 2.57. The van der Waals surface area contributed by atoms with Gasteiger partial charge in [0.25, 0.3) is 5.91 Å². The van der Waals surface area contributed by atoms with E-state index in [2.05, 4.69) is 19.2 Å². The molecule has 0 radical (unpaired) electrons. The highest BCUT2D eigenvalue weighted by Crippen LogP contribution is 2.55. The standard InChI is InChI=1S/C30H30N2O5/c1-3-19(4-2)15-31-28(33)21-9-7-8-20(12-21)16-32-24-11-6-5-10-22(24)30(29(32)34)17-35-25-14-27-26(13-23(25)30)36-18-37-27/h5-14,19H,3-4,15-18H2,1-2H3,(H,31,33). The number of carbonyl (C=O) groups is 2. The van der Waals surface area contributed by atoms with Gasteiger partial charge in [0.1, 0.15) is 17.8 Å². The summed E-state index contributed by atoms with van der Waals surface area (Å²) in [5, 5.41) is 3.06. The molecule has 3 heterocycles. The van der Waals surface area contributed by atoms with Crippen LogP contribution in [0.25, 0.3) is 0 Å². The van der Waals surface area contributed by atoms with Crippen LogP contribution in [0, 0.1) is 5.92 Å². The van der Waals surface area contributed by atoms with Gasteiger partial charge < -0.3 is 24.4 Å². The van der Waals surface area contributed by atoms with Crippen LogP contribution in [0.1, 0.15) is 53.7 Å². The van der Waals surface area contributed by atoms with Gasteiger partial charge in [-0.3, -0.25) is 9.59 Å². The molecule has 3 aromatic rings. The highest BCUT2D eigenvalue weighted by atomic mass is 16.7. The summed E-state index contributed by atoms with van der Waals surface area (Å²) >= 11 is 0. The maximum atomic E-state index is 14.2. The zero-order chi connectivity index (χ0) is 25.6. The van der Waals surface area contributed by atoms with E-state index in [4.69, 9.17) is 14.2 Å². The fraction of sp³-hybridized carbons (Fsp3) is 0.333. The summed E-state index contributed by atoms with van der Waals surface area (Å²) in [5.74, 6) is 2.23. The van der Waals surface area contributed by atoms with Crippen LogP contribution >= 0.6 is 0 Å². The fourth-order valence-corrected chi connectivity index (χ4v) is 5.63. The van der Waals surface area contributed by atoms with Crippen molar-refractivity contribution in [3.8, 4) is 17.2 Å². The van der Waals surface area contributed by atoms with Crippen molar-refractivity contribution >= 4 is 17.5 Å². The summed E-state index contributed by atoms with van der Waals surface area (Å²) in [6.07, 6.45) is 2.06. The highest BCUT2D eigenvalue weighted by molar-refractivity contribution is 6.11. The lowest BCUT2D eigenvalue weighted by atomic mass is 9.77. The first-order valence-corrected chi connectivity index (χ1v) is 12.9. The topological polar surface area (TPSA) is 77.1 Å². The molecule has 0 aromatic heterocycles. The van der Waals surface area contributed by atoms with Crippen LogP contribution in [0.5, 0.6) is 17.2 Å². The molecule has 1 atom stereocenters. The number of nitrogens with zero attached hydrogens (tertiary/aromatic N) is 1. The van der Waals surface area contributed by atoms with E-state index in [0.717, 1.165) is 35.2 Å². The third-order valence-electron chi connectivity index (χ3n) is 7.88. The van der Waals surface area contributed by atoms with Crippen molar-refractivity contribution in [2.24, 2.45) is 5.92 Å². The lowest BCUT2D eigenvalue weighted by Crippen LogP contribution is -2.42. The number of hydrogen-bond donors (Lipinski definition) is 1. The first-order chi connectivity index (χ1) is 18.0. The third kappa shape index (κ3) is 3.72. The molecule has 0 saturated carbocycles. The van der Waals surface area contributed by atoms with Gasteiger partial charge >= 0.3 is 0 Å². The quantitative estimate of drug-likeness (QED) is 0.506. The maximum absolute atomic E-state index is 14.2. The molecule has 3 aliphatic rings. The molecule has 190 valence electrons. The van der Waals surface area contributed by atoms with Crippen LogP contribution in [-0.2, 0) is 16.8 Å². The molecule has 1 unspecified atom stereocenters. The van der Waals surface area contributed by atoms with E-state index >= 15 is 0 Å². The average molecular weight is 499 g/mol. The Morgan fingerprint density at radius 1 is 0.946 bits per heavy atom. The summed E-state index contributed by atoms with van der Waals surface area (Å²) in [5.41, 5.74) is 3.10. The summed E-state index contributed by atoms with van der Waals surface area (Å²) < 4.78 is 17.2. The molecule has 0 bridgehead atoms. The predicted octanol–water partition coefficient (Wildman–Crippen LogP) is 4.81. The van der Waals surface area contributed by atoms with Crippen molar-refractivity contribution in [1.29, 1.82) is 0 Å². The summed E-state index contributed by atoms with van der Waals surface area (Å²) in [6, 6.07) is 19.1. The number of para-hydroxylation sites is 1. The van der Waals surface area contributed by atoms with Crippen molar-refractivity contribution in [3.05, 3.63) is 82.9 Å². The van der Waals surface area contributed by atoms with Crippen molar-refractivity contribution in [2.75, 3.05) is 24.8 Å². The van der Waals surface area contributed by atoms with Crippen molar-refractivity contribution in [1.82, 2.24) is 5.32 Å². The lowest BCUT2D eigenvalue weighted by Gasteiger charge is -2.23. The van der Waals surface area contributed by atoms with Gasteiger partial charge in [0.15, 0.2) is 11.5 Å². The minimum absolute atomic E-state index is 0.0464. The molecule has 0 fully saturated rings. The first-order valence-electron chi connectivity index (χ1n) is 12.9. The number of rotatable bonds is 7. The molecule has 2 amide bonds. The first kappa shape index (κ1) is 23.4. The molecule has 0 aliphatic carbocycles. The summed E-state index contributed by atoms with van der Waals surface area (Å²) in [4.78, 5) is 28.9. The molecule has 1 spiro atoms. The molecular formula is C30H30N2O5. The molecule has 3 aliphatic heterocycles. The zero-order valence-corrected chi connectivity index (χ0v) is 21.1. The van der Waals surface area contributed by atoms with E-state index in [9.17, 15) is 9.59 Å². The number of fused-ring (bicyclic) bond motifs is 5. The second kappa shape index (κ2) is 9.14. The maximum Gasteiger partial charge on any atom is 0.251 e. The minimum atomic E-state index is -0.947. The Hall–Kier alpha value is -4.00. The van der Waals surface area contributed by atoms with E-state index in [-0.39, 0.29) is 25.2 Å². The van der Waals surface area contributed by atoms with Crippen LogP contribution in [0.15, 0.2) is 60.7 Å². The van der Waals surface area contributed by atoms with Gasteiger partial charge in [-0.2, -0.15) is 0 Å². The lowest BCUT2D eigenvalue weighted by molar-refractivity contribution is -0.122. The van der Waals surface area contributed by atoms with Crippen molar-refractivity contribution in [3.63, 3.8) is 0 Å². The number of benzene rings is 3. The van der Waals surface area contributed by atoms with E-state index in [1.165, 1.54) is 0 Å². The van der Waals surface area contributed by atoms with Crippen LogP contribution < -0.4 is 24.4 Å². The van der Waals surface area contributed by atoms with E-state index in [0.29, 0.717) is 41.8 Å². The van der Waals surface area contributed by atoms with Gasteiger partial charge in [-0.15, -0.1) is 0 Å². The smallest absolute Gasteiger partial charge is 0.251 e. The molecule has 3 aromatic carbocycles. The van der Waals surface area contributed by atoms with E-state index in [1.807, 2.05) is 60.7 Å². The number of amides is 2. The van der Waals surface area contributed by atoms with Gasteiger partial charge in [0.2, 0.25) is 12.7 Å². The molecule has 0 saturated heterocycles. The van der Waals surface area contributed by atoms with Crippen LogP contribution in [0.4, 0.5) is 5.69 Å². The largest absolute Gasteiger partial charge is 0.491 e. The van der Waals surface area contributed by atoms with Crippen molar-refractivity contribution < 1.29 is 23.8 Å². The number of carbonyl (C=O) groups excluding carboxylic acids is 2. The van der Waals surface area contributed by atoms with Gasteiger partial charge in [-0.05, 0) is 41.3 Å². The Kier molecular flexibility index (Phi) is 5.78. The normalized spacial score (nSPS) is 18.8. The Morgan fingerprint density at radius 2 is 1.73 bits per heavy atom. The molecule has 7 nitrogen and oxygen atoms in total. The molecule has 7 heteroatoms. The van der Waals surface area contributed by atoms with Gasteiger partial charge in [-0.1, -0.05) is 57.0 Å². The summed E-state index contributed by atoms with van der Waals surface area (Å²) in [7, 11) is 0. The molecule has 1 N–H and O–H groups in total. The number of nitrogens with one attached hydrogen (secondary N) is 1. The third-order valence-corrected chi connectivity index (χ3v) is 7.88. The predicted molar refractivity (Wildman–Crippen MR) is 139 cm³/mol. The Balaban J connectivity index is 1.30. The van der Waals surface area contributed by atoms with Gasteiger partial charge in [-0.25, -0.2) is 0 Å². The second-order valence-corrected chi connectivity index (χ2v) is 9.90. The second-order valence-electron chi connectivity index (χ2n) is 9.90. The van der Waals surface area contributed by atoms with Crippen molar-refractivity contribution in [2.45, 2.75) is 38.6 Å². The SMILES string of the molecule is CCC(CC)CNC(=O)c1cccc(CN2C(=O)C3(COc4cc5c(cc43)OCO5)c3ccccc32)c1. The van der Waals surface area contributed by atoms with Crippen LogP contribution in [0.3, 0.4) is 0 Å². The minimum Gasteiger partial charge on any atom is -0.491 e.